The summed E-state index contributed by atoms with van der Waals surface area (Å²) in [4.78, 5) is 3.80. The molecule has 0 amide bonds. The van der Waals surface area contributed by atoms with Gasteiger partial charge in [0.05, 0.1) is 6.33 Å². The zero-order valence-electron chi connectivity index (χ0n) is 11.0. The van der Waals surface area contributed by atoms with Gasteiger partial charge in [0, 0.05) is 23.4 Å². The number of nitrogens with zero attached hydrogens (tertiary/aromatic N) is 2. The highest BCUT2D eigenvalue weighted by atomic mass is 35.7. The molecule has 19 heavy (non-hydrogen) atoms. The highest BCUT2D eigenvalue weighted by molar-refractivity contribution is 8.13. The zero-order valence-corrected chi connectivity index (χ0v) is 12.6. The lowest BCUT2D eigenvalue weighted by Crippen LogP contribution is -2.02. The van der Waals surface area contributed by atoms with E-state index in [1.807, 2.05) is 13.8 Å². The molecular weight excluding hydrogens is 284 g/mol. The molecule has 0 aliphatic carbocycles. The average molecular weight is 299 g/mol. The number of hydrogen-bond acceptors (Lipinski definition) is 3. The highest BCUT2D eigenvalue weighted by Crippen LogP contribution is 2.19. The van der Waals surface area contributed by atoms with Gasteiger partial charge in [0.2, 0.25) is 0 Å². The maximum Gasteiger partial charge on any atom is 0.280 e. The van der Waals surface area contributed by atoms with Crippen LogP contribution >= 0.6 is 10.7 Å². The molecule has 4 nitrogen and oxygen atoms in total. The van der Waals surface area contributed by atoms with Crippen molar-refractivity contribution < 1.29 is 8.42 Å². The average Bonchev–Trinajstić information content (AvgIpc) is 2.71. The third-order valence-electron chi connectivity index (χ3n) is 3.04. The lowest BCUT2D eigenvalue weighted by Gasteiger charge is -2.11. The van der Waals surface area contributed by atoms with Gasteiger partial charge in [0.1, 0.15) is 0 Å². The molecule has 6 heteroatoms. The quantitative estimate of drug-likeness (QED) is 0.819. The maximum atomic E-state index is 11.2. The summed E-state index contributed by atoms with van der Waals surface area (Å²) in [5.41, 5.74) is 4.75. The smallest absolute Gasteiger partial charge is 0.280 e. The molecule has 0 radical (unpaired) electrons. The molecule has 2 rings (SSSR count). The van der Waals surface area contributed by atoms with Crippen LogP contribution in [0.3, 0.4) is 0 Å². The van der Waals surface area contributed by atoms with Crippen LogP contribution in [0.25, 0.3) is 0 Å². The second kappa shape index (κ2) is 4.98. The first kappa shape index (κ1) is 14.1. The lowest BCUT2D eigenvalue weighted by molar-refractivity contribution is 0.606. The number of rotatable bonds is 3. The Morgan fingerprint density at radius 2 is 1.79 bits per heavy atom. The largest absolute Gasteiger partial charge is 0.332 e. The lowest BCUT2D eigenvalue weighted by atomic mass is 10.00. The van der Waals surface area contributed by atoms with Crippen molar-refractivity contribution in [3.63, 3.8) is 0 Å². The van der Waals surface area contributed by atoms with Gasteiger partial charge in [-0.2, -0.15) is 0 Å². The van der Waals surface area contributed by atoms with Crippen molar-refractivity contribution >= 4 is 19.7 Å². The summed E-state index contributed by atoms with van der Waals surface area (Å²) >= 11 is 0. The Morgan fingerprint density at radius 3 is 2.26 bits per heavy atom. The van der Waals surface area contributed by atoms with Crippen molar-refractivity contribution in [1.29, 1.82) is 0 Å². The van der Waals surface area contributed by atoms with E-state index in [4.69, 9.17) is 10.7 Å². The maximum absolute atomic E-state index is 11.2. The van der Waals surface area contributed by atoms with Crippen LogP contribution in [0.2, 0.25) is 0 Å². The molecule has 1 heterocycles. The second-order valence-electron chi connectivity index (χ2n) is 4.70. The molecule has 2 aromatic rings. The number of aromatic nitrogens is 2. The van der Waals surface area contributed by atoms with Crippen molar-refractivity contribution in [2.45, 2.75) is 32.3 Å². The summed E-state index contributed by atoms with van der Waals surface area (Å²) in [6.45, 7) is 6.73. The Kier molecular flexibility index (Phi) is 3.69. The molecule has 102 valence electrons. The fraction of sp³-hybridized carbons (Fsp3) is 0.308. The first-order valence-corrected chi connectivity index (χ1v) is 8.11. The van der Waals surface area contributed by atoms with Crippen LogP contribution in [0.15, 0.2) is 29.7 Å². The van der Waals surface area contributed by atoms with E-state index in [-0.39, 0.29) is 5.03 Å². The Morgan fingerprint density at radius 1 is 1.21 bits per heavy atom. The molecule has 0 unspecified atom stereocenters. The third kappa shape index (κ3) is 3.16. The molecule has 0 saturated carbocycles. The molecule has 1 aromatic carbocycles. The van der Waals surface area contributed by atoms with E-state index in [9.17, 15) is 8.42 Å². The van der Waals surface area contributed by atoms with E-state index in [1.54, 1.807) is 4.57 Å². The van der Waals surface area contributed by atoms with E-state index >= 15 is 0 Å². The standard InChI is InChI=1S/C13H15ClN2O2S/c1-9-4-10(2)12(11(3)5-9)6-16-7-13(15-8-16)19(14,17)18/h4-5,7-8H,6H2,1-3H3. The minimum atomic E-state index is -3.76. The molecule has 0 atom stereocenters. The van der Waals surface area contributed by atoms with Crippen molar-refractivity contribution in [2.24, 2.45) is 0 Å². The van der Waals surface area contributed by atoms with Gasteiger partial charge < -0.3 is 4.57 Å². The van der Waals surface area contributed by atoms with Crippen LogP contribution in [0.5, 0.6) is 0 Å². The van der Waals surface area contributed by atoms with Crippen LogP contribution in [-0.2, 0) is 15.6 Å². The Labute approximate surface area is 117 Å². The van der Waals surface area contributed by atoms with Gasteiger partial charge in [-0.15, -0.1) is 0 Å². The molecule has 1 aromatic heterocycles. The first-order valence-electron chi connectivity index (χ1n) is 5.80. The molecule has 0 aliphatic rings. The first-order chi connectivity index (χ1) is 8.77. The van der Waals surface area contributed by atoms with E-state index < -0.39 is 9.05 Å². The van der Waals surface area contributed by atoms with Gasteiger partial charge in [0.15, 0.2) is 5.03 Å². The van der Waals surface area contributed by atoms with Gasteiger partial charge in [-0.3, -0.25) is 0 Å². The van der Waals surface area contributed by atoms with E-state index in [1.165, 1.54) is 34.8 Å². The summed E-state index contributed by atoms with van der Waals surface area (Å²) in [7, 11) is 1.49. The number of aryl methyl sites for hydroxylation is 3. The molecule has 0 spiro atoms. The predicted octanol–water partition coefficient (Wildman–Crippen LogP) is 2.78. The van der Waals surface area contributed by atoms with Crippen molar-refractivity contribution in [2.75, 3.05) is 0 Å². The zero-order chi connectivity index (χ0) is 14.2. The van der Waals surface area contributed by atoms with Gasteiger partial charge in [-0.05, 0) is 37.5 Å². The topological polar surface area (TPSA) is 52.0 Å². The second-order valence-corrected chi connectivity index (χ2v) is 7.21. The highest BCUT2D eigenvalue weighted by Gasteiger charge is 2.14. The fourth-order valence-corrected chi connectivity index (χ4v) is 2.87. The van der Waals surface area contributed by atoms with E-state index in [2.05, 4.69) is 24.0 Å². The summed E-state index contributed by atoms with van der Waals surface area (Å²) in [6.07, 6.45) is 2.93. The van der Waals surface area contributed by atoms with Crippen LogP contribution in [0.4, 0.5) is 0 Å². The molecule has 0 bridgehead atoms. The van der Waals surface area contributed by atoms with Crippen molar-refractivity contribution in [3.8, 4) is 0 Å². The number of halogens is 1. The summed E-state index contributed by atoms with van der Waals surface area (Å²) < 4.78 is 24.1. The normalized spacial score (nSPS) is 11.8. The van der Waals surface area contributed by atoms with Crippen LogP contribution in [0, 0.1) is 20.8 Å². The van der Waals surface area contributed by atoms with Crippen molar-refractivity contribution in [1.82, 2.24) is 9.55 Å². The van der Waals surface area contributed by atoms with Gasteiger partial charge in [-0.25, -0.2) is 13.4 Å². The molecule has 0 fully saturated rings. The van der Waals surface area contributed by atoms with Crippen LogP contribution in [0.1, 0.15) is 22.3 Å². The molecule has 0 N–H and O–H groups in total. The van der Waals surface area contributed by atoms with Gasteiger partial charge in [-0.1, -0.05) is 17.7 Å². The Hall–Kier alpha value is -1.33. The van der Waals surface area contributed by atoms with E-state index in [0.717, 1.165) is 0 Å². The Bertz CT molecular complexity index is 697. The van der Waals surface area contributed by atoms with E-state index in [0.29, 0.717) is 6.54 Å². The minimum absolute atomic E-state index is 0.114. The van der Waals surface area contributed by atoms with Gasteiger partial charge >= 0.3 is 0 Å². The summed E-state index contributed by atoms with van der Waals surface area (Å²) in [6, 6.07) is 4.22. The van der Waals surface area contributed by atoms with Crippen LogP contribution < -0.4 is 0 Å². The number of imidazole rings is 1. The van der Waals surface area contributed by atoms with Crippen LogP contribution in [-0.4, -0.2) is 18.0 Å². The minimum Gasteiger partial charge on any atom is -0.332 e. The monoisotopic (exact) mass is 298 g/mol. The SMILES string of the molecule is Cc1cc(C)c(Cn2cnc(S(=O)(=O)Cl)c2)c(C)c1. The summed E-state index contributed by atoms with van der Waals surface area (Å²) in [5, 5.41) is -0.114. The summed E-state index contributed by atoms with van der Waals surface area (Å²) in [5.74, 6) is 0. The predicted molar refractivity (Wildman–Crippen MR) is 75.0 cm³/mol. The molecular formula is C13H15ClN2O2S. The van der Waals surface area contributed by atoms with Crippen molar-refractivity contribution in [3.05, 3.63) is 46.9 Å². The number of hydrogen-bond donors (Lipinski definition) is 0. The van der Waals surface area contributed by atoms with Gasteiger partial charge in [0.25, 0.3) is 9.05 Å². The third-order valence-corrected chi connectivity index (χ3v) is 4.23. The molecule has 0 aliphatic heterocycles. The number of benzene rings is 1. The Balaban J connectivity index is 2.35. The fourth-order valence-electron chi connectivity index (χ4n) is 2.19. The molecule has 0 saturated heterocycles.